The van der Waals surface area contributed by atoms with Crippen LogP contribution in [0.25, 0.3) is 0 Å². The molecule has 0 amide bonds. The molecule has 0 aliphatic rings. The summed E-state index contributed by atoms with van der Waals surface area (Å²) < 4.78 is 0. The van der Waals surface area contributed by atoms with Crippen LogP contribution in [0.3, 0.4) is 0 Å². The minimum atomic E-state index is -1.13. The van der Waals surface area contributed by atoms with Crippen molar-refractivity contribution in [1.29, 1.82) is 0 Å². The van der Waals surface area contributed by atoms with E-state index in [9.17, 15) is 14.9 Å². The van der Waals surface area contributed by atoms with Gasteiger partial charge in [-0.25, -0.2) is 4.79 Å². The van der Waals surface area contributed by atoms with Gasteiger partial charge < -0.3 is 10.8 Å². The minimum absolute atomic E-state index is 0.00366. The molecule has 1 aromatic carbocycles. The normalized spacial score (nSPS) is 9.71. The lowest BCUT2D eigenvalue weighted by atomic mass is 10.1. The Morgan fingerprint density at radius 3 is 2.71 bits per heavy atom. The number of benzene rings is 1. The molecule has 0 aliphatic carbocycles. The summed E-state index contributed by atoms with van der Waals surface area (Å²) >= 11 is 0. The van der Waals surface area contributed by atoms with Crippen molar-refractivity contribution >= 4 is 11.7 Å². The van der Waals surface area contributed by atoms with E-state index in [4.69, 9.17) is 10.8 Å². The monoisotopic (exact) mass is 196 g/mol. The molecule has 0 fully saturated rings. The second kappa shape index (κ2) is 3.73. The number of hydrogen-bond acceptors (Lipinski definition) is 4. The van der Waals surface area contributed by atoms with E-state index in [1.807, 2.05) is 0 Å². The van der Waals surface area contributed by atoms with Crippen molar-refractivity contribution in [3.8, 4) is 0 Å². The topological polar surface area (TPSA) is 106 Å². The van der Waals surface area contributed by atoms with Crippen LogP contribution >= 0.6 is 0 Å². The predicted octanol–water partition coefficient (Wildman–Crippen LogP) is 0.744. The molecule has 0 radical (unpaired) electrons. The molecule has 0 spiro atoms. The maximum atomic E-state index is 10.5. The first-order valence-corrected chi connectivity index (χ1v) is 3.74. The van der Waals surface area contributed by atoms with E-state index >= 15 is 0 Å². The highest BCUT2D eigenvalue weighted by Crippen LogP contribution is 2.14. The highest BCUT2D eigenvalue weighted by atomic mass is 16.6. The Labute approximate surface area is 79.1 Å². The van der Waals surface area contributed by atoms with E-state index in [0.717, 1.165) is 0 Å². The zero-order valence-corrected chi connectivity index (χ0v) is 7.14. The standard InChI is InChI=1S/C8H8N2O4/c9-7-2-1-5(8(11)12)3-6(7)4-10(13)14/h1-3H,4,9H2,(H,11,12). The van der Waals surface area contributed by atoms with E-state index in [1.54, 1.807) is 0 Å². The van der Waals surface area contributed by atoms with Crippen molar-refractivity contribution in [2.45, 2.75) is 6.54 Å². The largest absolute Gasteiger partial charge is 0.478 e. The lowest BCUT2D eigenvalue weighted by molar-refractivity contribution is -0.496. The minimum Gasteiger partial charge on any atom is -0.478 e. The van der Waals surface area contributed by atoms with Crippen LogP contribution < -0.4 is 5.73 Å². The fourth-order valence-electron chi connectivity index (χ4n) is 1.01. The fourth-order valence-corrected chi connectivity index (χ4v) is 1.01. The summed E-state index contributed by atoms with van der Waals surface area (Å²) in [5.41, 5.74) is 5.88. The Bertz CT molecular complexity index is 389. The molecule has 0 saturated heterocycles. The number of aromatic carboxylic acids is 1. The zero-order valence-electron chi connectivity index (χ0n) is 7.14. The zero-order chi connectivity index (χ0) is 10.7. The molecule has 74 valence electrons. The molecule has 14 heavy (non-hydrogen) atoms. The first-order valence-electron chi connectivity index (χ1n) is 3.74. The van der Waals surface area contributed by atoms with Crippen LogP contribution in [0.4, 0.5) is 5.69 Å². The number of carbonyl (C=O) groups is 1. The van der Waals surface area contributed by atoms with E-state index in [1.165, 1.54) is 18.2 Å². The molecular formula is C8H8N2O4. The maximum Gasteiger partial charge on any atom is 0.335 e. The lowest BCUT2D eigenvalue weighted by Gasteiger charge is -2.02. The Kier molecular flexibility index (Phi) is 2.66. The number of nitro groups is 1. The van der Waals surface area contributed by atoms with Crippen LogP contribution in [0, 0.1) is 10.1 Å². The summed E-state index contributed by atoms with van der Waals surface area (Å²) in [6.07, 6.45) is 0. The smallest absolute Gasteiger partial charge is 0.335 e. The van der Waals surface area contributed by atoms with Gasteiger partial charge in [-0.1, -0.05) is 0 Å². The second-order valence-electron chi connectivity index (χ2n) is 2.71. The van der Waals surface area contributed by atoms with Gasteiger partial charge in [0.1, 0.15) is 0 Å². The molecule has 0 unspecified atom stereocenters. The summed E-state index contributed by atoms with van der Waals surface area (Å²) in [6.45, 7) is -0.465. The number of rotatable bonds is 3. The molecule has 3 N–H and O–H groups in total. The molecule has 0 bridgehead atoms. The molecule has 0 aliphatic heterocycles. The van der Waals surface area contributed by atoms with E-state index in [-0.39, 0.29) is 16.8 Å². The van der Waals surface area contributed by atoms with Crippen molar-refractivity contribution in [1.82, 2.24) is 0 Å². The summed E-state index contributed by atoms with van der Waals surface area (Å²) in [4.78, 5) is 20.2. The van der Waals surface area contributed by atoms with Gasteiger partial charge in [0.15, 0.2) is 0 Å². The van der Waals surface area contributed by atoms with Crippen LogP contribution in [-0.2, 0) is 6.54 Å². The molecule has 0 heterocycles. The number of carboxylic acids is 1. The summed E-state index contributed by atoms with van der Waals surface area (Å²) in [6, 6.07) is 3.86. The lowest BCUT2D eigenvalue weighted by Crippen LogP contribution is -2.05. The Hall–Kier alpha value is -2.11. The van der Waals surface area contributed by atoms with Gasteiger partial charge in [-0.3, -0.25) is 10.1 Å². The van der Waals surface area contributed by atoms with Crippen LogP contribution in [-0.4, -0.2) is 16.0 Å². The third-order valence-corrected chi connectivity index (χ3v) is 1.69. The summed E-state index contributed by atoms with van der Waals surface area (Å²) in [7, 11) is 0. The average molecular weight is 196 g/mol. The van der Waals surface area contributed by atoms with Gasteiger partial charge in [-0.2, -0.15) is 0 Å². The first kappa shape index (κ1) is 9.97. The van der Waals surface area contributed by atoms with Crippen LogP contribution in [0.15, 0.2) is 18.2 Å². The highest BCUT2D eigenvalue weighted by molar-refractivity contribution is 5.88. The van der Waals surface area contributed by atoms with Crippen molar-refractivity contribution in [2.75, 3.05) is 5.73 Å². The molecule has 6 nitrogen and oxygen atoms in total. The quantitative estimate of drug-likeness (QED) is 0.421. The Balaban J connectivity index is 3.08. The van der Waals surface area contributed by atoms with Crippen molar-refractivity contribution in [3.05, 3.63) is 39.4 Å². The third kappa shape index (κ3) is 2.19. The third-order valence-electron chi connectivity index (χ3n) is 1.69. The highest BCUT2D eigenvalue weighted by Gasteiger charge is 2.10. The Morgan fingerprint density at radius 2 is 2.21 bits per heavy atom. The molecule has 1 rings (SSSR count). The number of nitrogens with zero attached hydrogens (tertiary/aromatic N) is 1. The average Bonchev–Trinajstić information content (AvgIpc) is 2.07. The van der Waals surface area contributed by atoms with Crippen molar-refractivity contribution in [3.63, 3.8) is 0 Å². The molecular weight excluding hydrogens is 188 g/mol. The van der Waals surface area contributed by atoms with Crippen LogP contribution in [0.5, 0.6) is 0 Å². The van der Waals surface area contributed by atoms with Gasteiger partial charge in [0.05, 0.1) is 5.56 Å². The van der Waals surface area contributed by atoms with Gasteiger partial charge in [-0.05, 0) is 18.2 Å². The summed E-state index contributed by atoms with van der Waals surface area (Å²) in [5.74, 6) is -1.13. The van der Waals surface area contributed by atoms with Crippen LogP contribution in [0.2, 0.25) is 0 Å². The number of anilines is 1. The maximum absolute atomic E-state index is 10.5. The molecule has 1 aromatic rings. The van der Waals surface area contributed by atoms with Gasteiger partial charge >= 0.3 is 5.97 Å². The fraction of sp³-hybridized carbons (Fsp3) is 0.125. The molecule has 6 heteroatoms. The van der Waals surface area contributed by atoms with Gasteiger partial charge in [-0.15, -0.1) is 0 Å². The first-order chi connectivity index (χ1) is 6.50. The number of carboxylic acid groups (broad SMARTS) is 1. The van der Waals surface area contributed by atoms with Crippen molar-refractivity contribution < 1.29 is 14.8 Å². The molecule has 0 aromatic heterocycles. The second-order valence-corrected chi connectivity index (χ2v) is 2.71. The van der Waals surface area contributed by atoms with Crippen molar-refractivity contribution in [2.24, 2.45) is 0 Å². The molecule has 0 atom stereocenters. The summed E-state index contributed by atoms with van der Waals surface area (Å²) in [5, 5.41) is 18.8. The SMILES string of the molecule is Nc1ccc(C(=O)O)cc1C[N+](=O)[O-]. The number of nitrogens with two attached hydrogens (primary N) is 1. The van der Waals surface area contributed by atoms with E-state index < -0.39 is 17.4 Å². The molecule has 0 saturated carbocycles. The van der Waals surface area contributed by atoms with E-state index in [0.29, 0.717) is 0 Å². The predicted molar refractivity (Wildman–Crippen MR) is 48.5 cm³/mol. The van der Waals surface area contributed by atoms with Gasteiger partial charge in [0.25, 0.3) is 0 Å². The Morgan fingerprint density at radius 1 is 1.57 bits per heavy atom. The van der Waals surface area contributed by atoms with Gasteiger partial charge in [0, 0.05) is 16.2 Å². The number of hydrogen-bond donors (Lipinski definition) is 2. The van der Waals surface area contributed by atoms with Gasteiger partial charge in [0.2, 0.25) is 6.54 Å². The van der Waals surface area contributed by atoms with Crippen LogP contribution in [0.1, 0.15) is 15.9 Å². The van der Waals surface area contributed by atoms with E-state index in [2.05, 4.69) is 0 Å². The number of nitrogen functional groups attached to an aromatic ring is 1.